The zero-order valence-corrected chi connectivity index (χ0v) is 7.96. The van der Waals surface area contributed by atoms with Gasteiger partial charge in [-0.3, -0.25) is 0 Å². The highest BCUT2D eigenvalue weighted by atomic mass is 32.2. The number of aromatic nitrogens is 2. The van der Waals surface area contributed by atoms with Crippen LogP contribution < -0.4 is 5.14 Å². The lowest BCUT2D eigenvalue weighted by Crippen LogP contribution is -2.34. The van der Waals surface area contributed by atoms with Crippen LogP contribution in [0.15, 0.2) is 18.6 Å². The molecule has 0 saturated carbocycles. The van der Waals surface area contributed by atoms with Crippen molar-refractivity contribution in [3.05, 3.63) is 24.3 Å². The van der Waals surface area contributed by atoms with Crippen molar-refractivity contribution < 1.29 is 21.6 Å². The maximum absolute atomic E-state index is 12.4. The molecule has 1 aromatic heterocycles. The van der Waals surface area contributed by atoms with Crippen molar-refractivity contribution in [3.63, 3.8) is 0 Å². The SMILES string of the molecule is NS(=O)(=O)C(c1ccncn1)C(F)(F)F. The Labute approximate surface area is 83.2 Å². The largest absolute Gasteiger partial charge is 0.412 e. The van der Waals surface area contributed by atoms with Crippen molar-refractivity contribution in [2.75, 3.05) is 0 Å². The van der Waals surface area contributed by atoms with Crippen LogP contribution in [0.25, 0.3) is 0 Å². The maximum Gasteiger partial charge on any atom is 0.412 e. The average molecular weight is 241 g/mol. The van der Waals surface area contributed by atoms with E-state index in [1.54, 1.807) is 0 Å². The highest BCUT2D eigenvalue weighted by Crippen LogP contribution is 2.36. The van der Waals surface area contributed by atoms with Gasteiger partial charge in [0.1, 0.15) is 6.33 Å². The number of hydrogen-bond donors (Lipinski definition) is 1. The van der Waals surface area contributed by atoms with Gasteiger partial charge in [0.15, 0.2) is 0 Å². The Hall–Kier alpha value is -1.22. The monoisotopic (exact) mass is 241 g/mol. The number of sulfonamides is 1. The number of halogens is 3. The molecule has 5 nitrogen and oxygen atoms in total. The first kappa shape index (κ1) is 11.9. The van der Waals surface area contributed by atoms with Crippen LogP contribution in [0.5, 0.6) is 0 Å². The summed E-state index contributed by atoms with van der Waals surface area (Å²) in [5, 5.41) is 1.68. The molecule has 9 heteroatoms. The quantitative estimate of drug-likeness (QED) is 0.810. The van der Waals surface area contributed by atoms with E-state index >= 15 is 0 Å². The highest BCUT2D eigenvalue weighted by Gasteiger charge is 2.49. The van der Waals surface area contributed by atoms with Crippen molar-refractivity contribution in [1.29, 1.82) is 0 Å². The van der Waals surface area contributed by atoms with Gasteiger partial charge in [0.05, 0.1) is 5.69 Å². The minimum Gasteiger partial charge on any atom is -0.245 e. The average Bonchev–Trinajstić information content (AvgIpc) is 2.00. The second-order valence-electron chi connectivity index (χ2n) is 2.64. The van der Waals surface area contributed by atoms with E-state index in [2.05, 4.69) is 15.1 Å². The van der Waals surface area contributed by atoms with Crippen LogP contribution in [0.4, 0.5) is 13.2 Å². The summed E-state index contributed by atoms with van der Waals surface area (Å²) in [6.07, 6.45) is -3.17. The van der Waals surface area contributed by atoms with Gasteiger partial charge < -0.3 is 0 Å². The number of rotatable bonds is 2. The zero-order valence-electron chi connectivity index (χ0n) is 7.14. The van der Waals surface area contributed by atoms with Crippen LogP contribution in [-0.2, 0) is 10.0 Å². The van der Waals surface area contributed by atoms with E-state index in [0.29, 0.717) is 0 Å². The molecular formula is C6H6F3N3O2S. The lowest BCUT2D eigenvalue weighted by Gasteiger charge is -2.16. The summed E-state index contributed by atoms with van der Waals surface area (Å²) >= 11 is 0. The van der Waals surface area contributed by atoms with Crippen LogP contribution in [0, 0.1) is 0 Å². The lowest BCUT2D eigenvalue weighted by molar-refractivity contribution is -0.132. The Bertz CT molecular complexity index is 431. The molecule has 1 atom stereocenters. The van der Waals surface area contributed by atoms with Gasteiger partial charge in [-0.15, -0.1) is 0 Å². The standard InChI is InChI=1S/C6H6F3N3O2S/c7-6(8,9)5(15(10,13)14)4-1-2-11-3-12-4/h1-3,5H,(H2,10,13,14). The van der Waals surface area contributed by atoms with Crippen molar-refractivity contribution in [1.82, 2.24) is 9.97 Å². The van der Waals surface area contributed by atoms with E-state index in [0.717, 1.165) is 18.6 Å². The Balaban J connectivity index is 3.27. The van der Waals surface area contributed by atoms with Gasteiger partial charge in [0.25, 0.3) is 0 Å². The molecule has 0 aliphatic rings. The first-order chi connectivity index (χ1) is 6.73. The number of alkyl halides is 3. The predicted molar refractivity (Wildman–Crippen MR) is 43.9 cm³/mol. The molecule has 2 N–H and O–H groups in total. The molecule has 0 aromatic carbocycles. The molecule has 0 saturated heterocycles. The minimum atomic E-state index is -5.00. The molecule has 0 bridgehead atoms. The summed E-state index contributed by atoms with van der Waals surface area (Å²) in [7, 11) is -4.79. The van der Waals surface area contributed by atoms with Gasteiger partial charge in [-0.2, -0.15) is 13.2 Å². The summed E-state index contributed by atoms with van der Waals surface area (Å²) in [6.45, 7) is 0. The third-order valence-electron chi connectivity index (χ3n) is 1.50. The number of nitrogens with two attached hydrogens (primary N) is 1. The van der Waals surface area contributed by atoms with E-state index in [9.17, 15) is 21.6 Å². The fraction of sp³-hybridized carbons (Fsp3) is 0.333. The summed E-state index contributed by atoms with van der Waals surface area (Å²) in [6, 6.07) is 0.850. The molecule has 0 spiro atoms. The molecule has 15 heavy (non-hydrogen) atoms. The molecule has 1 heterocycles. The molecule has 0 amide bonds. The Morgan fingerprint density at radius 1 is 1.40 bits per heavy atom. The number of primary sulfonamides is 1. The first-order valence-corrected chi connectivity index (χ1v) is 5.18. The lowest BCUT2D eigenvalue weighted by atomic mass is 10.3. The fourth-order valence-electron chi connectivity index (χ4n) is 0.978. The van der Waals surface area contributed by atoms with Crippen LogP contribution in [-0.4, -0.2) is 24.6 Å². The Kier molecular flexibility index (Phi) is 2.95. The molecule has 1 rings (SSSR count). The van der Waals surface area contributed by atoms with E-state index in [-0.39, 0.29) is 0 Å². The summed E-state index contributed by atoms with van der Waals surface area (Å²) < 4.78 is 58.7. The fourth-order valence-corrected chi connectivity index (χ4v) is 1.83. The molecule has 0 fully saturated rings. The first-order valence-electron chi connectivity index (χ1n) is 3.57. The third kappa shape index (κ3) is 2.86. The molecule has 0 aliphatic carbocycles. The van der Waals surface area contributed by atoms with Crippen LogP contribution in [0.2, 0.25) is 0 Å². The van der Waals surface area contributed by atoms with E-state index in [1.165, 1.54) is 0 Å². The van der Waals surface area contributed by atoms with Crippen molar-refractivity contribution in [2.24, 2.45) is 5.14 Å². The topological polar surface area (TPSA) is 85.9 Å². The Morgan fingerprint density at radius 3 is 2.33 bits per heavy atom. The van der Waals surface area contributed by atoms with Gasteiger partial charge in [-0.1, -0.05) is 0 Å². The van der Waals surface area contributed by atoms with Gasteiger partial charge in [-0.05, 0) is 6.07 Å². The number of nitrogens with zero attached hydrogens (tertiary/aromatic N) is 2. The molecule has 1 unspecified atom stereocenters. The van der Waals surface area contributed by atoms with Crippen molar-refractivity contribution >= 4 is 10.0 Å². The number of hydrogen-bond acceptors (Lipinski definition) is 4. The molecular weight excluding hydrogens is 235 g/mol. The third-order valence-corrected chi connectivity index (χ3v) is 2.67. The predicted octanol–water partition coefficient (Wildman–Crippen LogP) is 0.368. The van der Waals surface area contributed by atoms with Gasteiger partial charge in [-0.25, -0.2) is 23.5 Å². The highest BCUT2D eigenvalue weighted by molar-refractivity contribution is 7.89. The van der Waals surface area contributed by atoms with E-state index in [4.69, 9.17) is 0 Å². The van der Waals surface area contributed by atoms with Crippen LogP contribution >= 0.6 is 0 Å². The van der Waals surface area contributed by atoms with Crippen molar-refractivity contribution in [2.45, 2.75) is 11.4 Å². The maximum atomic E-state index is 12.4. The summed E-state index contributed by atoms with van der Waals surface area (Å²) in [4.78, 5) is 6.60. The van der Waals surface area contributed by atoms with Gasteiger partial charge >= 0.3 is 6.18 Å². The van der Waals surface area contributed by atoms with Gasteiger partial charge in [0.2, 0.25) is 15.3 Å². The second-order valence-corrected chi connectivity index (χ2v) is 4.29. The smallest absolute Gasteiger partial charge is 0.245 e. The minimum absolute atomic E-state index is 0.694. The molecule has 0 radical (unpaired) electrons. The molecule has 0 aliphatic heterocycles. The van der Waals surface area contributed by atoms with E-state index < -0.39 is 27.1 Å². The second kappa shape index (κ2) is 3.74. The molecule has 1 aromatic rings. The summed E-state index contributed by atoms with van der Waals surface area (Å²) in [5.74, 6) is 0. The summed E-state index contributed by atoms with van der Waals surface area (Å²) in [5.41, 5.74) is -0.694. The zero-order chi connectivity index (χ0) is 11.7. The van der Waals surface area contributed by atoms with Gasteiger partial charge in [0, 0.05) is 6.20 Å². The van der Waals surface area contributed by atoms with Crippen LogP contribution in [0.3, 0.4) is 0 Å². The van der Waals surface area contributed by atoms with Crippen LogP contribution in [0.1, 0.15) is 10.9 Å². The molecule has 84 valence electrons. The van der Waals surface area contributed by atoms with E-state index in [1.807, 2.05) is 0 Å². The normalized spacial score (nSPS) is 14.9. The Morgan fingerprint density at radius 2 is 2.00 bits per heavy atom. The van der Waals surface area contributed by atoms with Crippen molar-refractivity contribution in [3.8, 4) is 0 Å².